The fourth-order valence-corrected chi connectivity index (χ4v) is 1.60. The number of ketones is 1. The molecule has 0 aromatic rings. The number of hydrogen-bond acceptors (Lipinski definition) is 2. The second kappa shape index (κ2) is 4.05. The molecule has 1 aliphatic heterocycles. The average Bonchev–Trinajstić information content (AvgIpc) is 2.09. The molecule has 0 atom stereocenters. The monoisotopic (exact) mass is 181 g/mol. The Balaban J connectivity index is 2.38. The Morgan fingerprint density at radius 3 is 2.46 bits per heavy atom. The van der Waals surface area contributed by atoms with Crippen LogP contribution in [0.1, 0.15) is 26.7 Å². The normalized spacial score (nSPS) is 20.3. The van der Waals surface area contributed by atoms with Crippen LogP contribution in [0.3, 0.4) is 0 Å². The first-order chi connectivity index (χ1) is 6.03. The van der Waals surface area contributed by atoms with Crippen LogP contribution in [0.4, 0.5) is 0 Å². The summed E-state index contributed by atoms with van der Waals surface area (Å²) >= 11 is 0. The summed E-state index contributed by atoms with van der Waals surface area (Å²) in [6.45, 7) is 11.0. The first-order valence-corrected chi connectivity index (χ1v) is 4.91. The van der Waals surface area contributed by atoms with Crippen molar-refractivity contribution in [1.82, 2.24) is 4.90 Å². The number of rotatable bonds is 3. The van der Waals surface area contributed by atoms with E-state index in [4.69, 9.17) is 0 Å². The first kappa shape index (κ1) is 10.5. The molecule has 0 aliphatic carbocycles. The van der Waals surface area contributed by atoms with Crippen LogP contribution in [-0.2, 0) is 4.79 Å². The summed E-state index contributed by atoms with van der Waals surface area (Å²) in [5.74, 6) is 0.410. The Hall–Kier alpha value is -0.630. The van der Waals surface area contributed by atoms with Gasteiger partial charge in [0.25, 0.3) is 0 Å². The lowest BCUT2D eigenvalue weighted by Crippen LogP contribution is -2.39. The van der Waals surface area contributed by atoms with Crippen LogP contribution in [0.5, 0.6) is 0 Å². The van der Waals surface area contributed by atoms with Crippen molar-refractivity contribution in [2.45, 2.75) is 26.7 Å². The summed E-state index contributed by atoms with van der Waals surface area (Å²) in [7, 11) is 0. The Kier molecular flexibility index (Phi) is 3.26. The number of likely N-dealkylation sites (tertiary alicyclic amines) is 1. The van der Waals surface area contributed by atoms with Crippen molar-refractivity contribution in [3.63, 3.8) is 0 Å². The molecule has 0 unspecified atom stereocenters. The molecule has 0 bridgehead atoms. The molecule has 74 valence electrons. The van der Waals surface area contributed by atoms with Gasteiger partial charge >= 0.3 is 0 Å². The van der Waals surface area contributed by atoms with Crippen LogP contribution >= 0.6 is 0 Å². The molecule has 1 rings (SSSR count). The van der Waals surface area contributed by atoms with Gasteiger partial charge in [0.15, 0.2) is 0 Å². The summed E-state index contributed by atoms with van der Waals surface area (Å²) in [5, 5.41) is 0. The third kappa shape index (κ3) is 3.31. The quantitative estimate of drug-likeness (QED) is 0.619. The van der Waals surface area contributed by atoms with Gasteiger partial charge < -0.3 is 4.90 Å². The zero-order valence-corrected chi connectivity index (χ0v) is 8.68. The third-order valence-electron chi connectivity index (χ3n) is 2.60. The van der Waals surface area contributed by atoms with Gasteiger partial charge in [-0.25, -0.2) is 0 Å². The Bertz CT molecular complexity index is 198. The van der Waals surface area contributed by atoms with Gasteiger partial charge in [-0.15, -0.1) is 6.58 Å². The standard InChI is InChI=1S/C11H19NO/c1-4-11(2,3)9-12-7-5-10(13)6-8-12/h4H,1,5-9H2,2-3H3. The second-order valence-corrected chi connectivity index (χ2v) is 4.51. The molecule has 0 saturated carbocycles. The summed E-state index contributed by atoms with van der Waals surface area (Å²) in [6.07, 6.45) is 3.45. The molecular weight excluding hydrogens is 162 g/mol. The molecule has 0 aromatic heterocycles. The van der Waals surface area contributed by atoms with E-state index in [1.165, 1.54) is 0 Å². The molecule has 13 heavy (non-hydrogen) atoms. The van der Waals surface area contributed by atoms with Gasteiger partial charge in [-0.1, -0.05) is 19.9 Å². The summed E-state index contributed by atoms with van der Waals surface area (Å²) in [5.41, 5.74) is 0.167. The van der Waals surface area contributed by atoms with Crippen LogP contribution in [0.25, 0.3) is 0 Å². The highest BCUT2D eigenvalue weighted by Crippen LogP contribution is 2.19. The summed E-state index contributed by atoms with van der Waals surface area (Å²) < 4.78 is 0. The van der Waals surface area contributed by atoms with Gasteiger partial charge in [0.1, 0.15) is 5.78 Å². The number of nitrogens with zero attached hydrogens (tertiary/aromatic N) is 1. The van der Waals surface area contributed by atoms with E-state index >= 15 is 0 Å². The van der Waals surface area contributed by atoms with Gasteiger partial charge in [0.2, 0.25) is 0 Å². The van der Waals surface area contributed by atoms with E-state index in [-0.39, 0.29) is 5.41 Å². The Morgan fingerprint density at radius 2 is 2.00 bits per heavy atom. The maximum atomic E-state index is 11.0. The minimum atomic E-state index is 0.167. The average molecular weight is 181 g/mol. The SMILES string of the molecule is C=CC(C)(C)CN1CCC(=O)CC1. The summed E-state index contributed by atoms with van der Waals surface area (Å²) in [6, 6.07) is 0. The van der Waals surface area contributed by atoms with Crippen LogP contribution in [0.2, 0.25) is 0 Å². The minimum absolute atomic E-state index is 0.167. The van der Waals surface area contributed by atoms with Gasteiger partial charge in [-0.3, -0.25) is 4.79 Å². The lowest BCUT2D eigenvalue weighted by molar-refractivity contribution is -0.121. The predicted molar refractivity (Wildman–Crippen MR) is 54.7 cm³/mol. The van der Waals surface area contributed by atoms with Crippen molar-refractivity contribution in [1.29, 1.82) is 0 Å². The topological polar surface area (TPSA) is 20.3 Å². The number of hydrogen-bond donors (Lipinski definition) is 0. The number of Topliss-reactive ketones (excluding diaryl/α,β-unsaturated/α-hetero) is 1. The van der Waals surface area contributed by atoms with Crippen LogP contribution in [0, 0.1) is 5.41 Å². The molecule has 0 N–H and O–H groups in total. The van der Waals surface area contributed by atoms with E-state index in [9.17, 15) is 4.79 Å². The zero-order chi connectivity index (χ0) is 9.90. The third-order valence-corrected chi connectivity index (χ3v) is 2.60. The van der Waals surface area contributed by atoms with E-state index < -0.39 is 0 Å². The van der Waals surface area contributed by atoms with Crippen LogP contribution in [-0.4, -0.2) is 30.3 Å². The van der Waals surface area contributed by atoms with Crippen molar-refractivity contribution >= 4 is 5.78 Å². The molecule has 1 fully saturated rings. The minimum Gasteiger partial charge on any atom is -0.302 e. The Morgan fingerprint density at radius 1 is 1.46 bits per heavy atom. The van der Waals surface area contributed by atoms with Crippen molar-refractivity contribution in [3.05, 3.63) is 12.7 Å². The zero-order valence-electron chi connectivity index (χ0n) is 8.68. The van der Waals surface area contributed by atoms with E-state index in [0.29, 0.717) is 5.78 Å². The van der Waals surface area contributed by atoms with Gasteiger partial charge in [0.05, 0.1) is 0 Å². The second-order valence-electron chi connectivity index (χ2n) is 4.51. The molecular formula is C11H19NO. The lowest BCUT2D eigenvalue weighted by atomic mass is 9.92. The number of carbonyl (C=O) groups is 1. The van der Waals surface area contributed by atoms with Crippen LogP contribution in [0.15, 0.2) is 12.7 Å². The molecule has 1 heterocycles. The van der Waals surface area contributed by atoms with E-state index in [1.807, 2.05) is 6.08 Å². The fourth-order valence-electron chi connectivity index (χ4n) is 1.60. The summed E-state index contributed by atoms with van der Waals surface area (Å²) in [4.78, 5) is 13.3. The highest BCUT2D eigenvalue weighted by atomic mass is 16.1. The first-order valence-electron chi connectivity index (χ1n) is 4.91. The van der Waals surface area contributed by atoms with E-state index in [1.54, 1.807) is 0 Å². The number of piperidine rings is 1. The van der Waals surface area contributed by atoms with Crippen molar-refractivity contribution in [2.24, 2.45) is 5.41 Å². The fraction of sp³-hybridized carbons (Fsp3) is 0.727. The molecule has 0 spiro atoms. The van der Waals surface area contributed by atoms with E-state index in [0.717, 1.165) is 32.5 Å². The van der Waals surface area contributed by atoms with Crippen molar-refractivity contribution in [3.8, 4) is 0 Å². The molecule has 0 radical (unpaired) electrons. The van der Waals surface area contributed by atoms with Gasteiger partial charge in [-0.2, -0.15) is 0 Å². The largest absolute Gasteiger partial charge is 0.302 e. The smallest absolute Gasteiger partial charge is 0.135 e. The van der Waals surface area contributed by atoms with Crippen LogP contribution < -0.4 is 0 Å². The molecule has 2 heteroatoms. The predicted octanol–water partition coefficient (Wildman–Crippen LogP) is 1.86. The molecule has 0 aromatic carbocycles. The maximum Gasteiger partial charge on any atom is 0.135 e. The highest BCUT2D eigenvalue weighted by molar-refractivity contribution is 5.79. The maximum absolute atomic E-state index is 11.0. The lowest BCUT2D eigenvalue weighted by Gasteiger charge is -2.32. The highest BCUT2D eigenvalue weighted by Gasteiger charge is 2.22. The van der Waals surface area contributed by atoms with Crippen molar-refractivity contribution in [2.75, 3.05) is 19.6 Å². The van der Waals surface area contributed by atoms with Gasteiger partial charge in [-0.05, 0) is 5.41 Å². The molecule has 1 saturated heterocycles. The number of carbonyl (C=O) groups excluding carboxylic acids is 1. The molecule has 0 amide bonds. The van der Waals surface area contributed by atoms with Crippen molar-refractivity contribution < 1.29 is 4.79 Å². The Labute approximate surface area is 80.6 Å². The molecule has 1 aliphatic rings. The molecule has 2 nitrogen and oxygen atoms in total. The van der Waals surface area contributed by atoms with Gasteiger partial charge in [0, 0.05) is 32.5 Å². The van der Waals surface area contributed by atoms with E-state index in [2.05, 4.69) is 25.3 Å².